The number of nitrogens with one attached hydrogen (secondary N) is 2. The molecule has 2 aromatic rings. The van der Waals surface area contributed by atoms with E-state index in [1.165, 1.54) is 63.5 Å². The van der Waals surface area contributed by atoms with Crippen LogP contribution in [0.2, 0.25) is 0 Å². The number of aromatic amines is 2. The summed E-state index contributed by atoms with van der Waals surface area (Å²) in [5.74, 6) is 0.569. The third-order valence-corrected chi connectivity index (χ3v) is 5.96. The number of nitriles is 1. The summed E-state index contributed by atoms with van der Waals surface area (Å²) in [6.45, 7) is 4.88. The summed E-state index contributed by atoms with van der Waals surface area (Å²) in [5.41, 5.74) is 4.88. The van der Waals surface area contributed by atoms with E-state index < -0.39 is 0 Å². The zero-order valence-electron chi connectivity index (χ0n) is 20.3. The van der Waals surface area contributed by atoms with E-state index in [0.29, 0.717) is 29.3 Å². The highest BCUT2D eigenvalue weighted by Gasteiger charge is 2.27. The van der Waals surface area contributed by atoms with Crippen molar-refractivity contribution in [1.29, 1.82) is 5.26 Å². The molecule has 3 heterocycles. The van der Waals surface area contributed by atoms with Crippen LogP contribution in [0.15, 0.2) is 52.5 Å². The van der Waals surface area contributed by atoms with Gasteiger partial charge in [0, 0.05) is 17.6 Å². The van der Waals surface area contributed by atoms with Crippen molar-refractivity contribution in [3.63, 3.8) is 0 Å². The minimum atomic E-state index is 0.485. The van der Waals surface area contributed by atoms with Gasteiger partial charge in [-0.05, 0) is 49.6 Å². The highest BCUT2D eigenvalue weighted by molar-refractivity contribution is 6.17. The van der Waals surface area contributed by atoms with E-state index in [1.807, 2.05) is 24.4 Å². The van der Waals surface area contributed by atoms with E-state index in [1.54, 1.807) is 0 Å². The molecule has 5 nitrogen and oxygen atoms in total. The number of hydrogen-bond donors (Lipinski definition) is 2. The van der Waals surface area contributed by atoms with Crippen molar-refractivity contribution < 1.29 is 4.74 Å². The van der Waals surface area contributed by atoms with Gasteiger partial charge in [-0.1, -0.05) is 65.2 Å². The van der Waals surface area contributed by atoms with Crippen molar-refractivity contribution in [3.05, 3.63) is 64.6 Å². The fourth-order valence-corrected chi connectivity index (χ4v) is 4.15. The Morgan fingerprint density at radius 2 is 1.73 bits per heavy atom. The molecule has 0 radical (unpaired) electrons. The van der Waals surface area contributed by atoms with Gasteiger partial charge in [0.15, 0.2) is 5.76 Å². The number of aliphatic imine (C=N–C) groups is 1. The van der Waals surface area contributed by atoms with Crippen molar-refractivity contribution in [3.8, 4) is 6.07 Å². The molecular weight excluding hydrogens is 408 g/mol. The van der Waals surface area contributed by atoms with Crippen LogP contribution in [-0.2, 0) is 11.2 Å². The average molecular weight is 447 g/mol. The highest BCUT2D eigenvalue weighted by atomic mass is 16.5. The average Bonchev–Trinajstić information content (AvgIpc) is 3.57. The third kappa shape index (κ3) is 7.25. The molecule has 33 heavy (non-hydrogen) atoms. The number of aromatic nitrogens is 2. The van der Waals surface area contributed by atoms with Gasteiger partial charge in [-0.25, -0.2) is 4.99 Å². The summed E-state index contributed by atoms with van der Waals surface area (Å²) in [5, 5.41) is 9.79. The van der Waals surface area contributed by atoms with E-state index in [9.17, 15) is 5.26 Å². The third-order valence-electron chi connectivity index (χ3n) is 5.96. The summed E-state index contributed by atoms with van der Waals surface area (Å²) in [6.07, 6.45) is 17.8. The fraction of sp³-hybridized carbons (Fsp3) is 0.500. The molecule has 0 unspecified atom stereocenters. The van der Waals surface area contributed by atoms with Gasteiger partial charge in [0.2, 0.25) is 0 Å². The van der Waals surface area contributed by atoms with Gasteiger partial charge in [-0.2, -0.15) is 5.26 Å². The summed E-state index contributed by atoms with van der Waals surface area (Å²) < 4.78 is 5.96. The monoisotopic (exact) mass is 446 g/mol. The molecular formula is C28H38N4O. The molecule has 1 aliphatic heterocycles. The lowest BCUT2D eigenvalue weighted by molar-refractivity contribution is 0.220. The molecule has 0 atom stereocenters. The first-order chi connectivity index (χ1) is 16.3. The predicted molar refractivity (Wildman–Crippen MR) is 136 cm³/mol. The number of H-pyrrole nitrogens is 2. The maximum atomic E-state index is 9.79. The molecule has 2 aromatic heterocycles. The summed E-state index contributed by atoms with van der Waals surface area (Å²) in [7, 11) is 0. The first-order valence-electron chi connectivity index (χ1n) is 12.7. The zero-order valence-corrected chi connectivity index (χ0v) is 20.3. The van der Waals surface area contributed by atoms with Crippen molar-refractivity contribution in [2.24, 2.45) is 4.99 Å². The Bertz CT molecular complexity index is 986. The van der Waals surface area contributed by atoms with Gasteiger partial charge in [0.25, 0.3) is 0 Å². The van der Waals surface area contributed by atoms with Crippen molar-refractivity contribution in [2.75, 3.05) is 6.61 Å². The number of rotatable bonds is 15. The smallest absolute Gasteiger partial charge is 0.165 e. The number of allylic oxidation sites excluding steroid dienone is 1. The van der Waals surface area contributed by atoms with E-state index in [4.69, 9.17) is 9.73 Å². The van der Waals surface area contributed by atoms with E-state index in [-0.39, 0.29) is 0 Å². The Morgan fingerprint density at radius 3 is 2.39 bits per heavy atom. The van der Waals surface area contributed by atoms with Crippen LogP contribution in [0, 0.1) is 11.3 Å². The number of unbranched alkanes of at least 4 members (excludes halogenated alkanes) is 8. The van der Waals surface area contributed by atoms with Gasteiger partial charge in [0.05, 0.1) is 12.3 Å². The Kier molecular flexibility index (Phi) is 10.1. The Hall–Kier alpha value is -3.00. The van der Waals surface area contributed by atoms with Gasteiger partial charge in [-0.3, -0.25) is 0 Å². The highest BCUT2D eigenvalue weighted by Crippen LogP contribution is 2.30. The fourth-order valence-electron chi connectivity index (χ4n) is 4.15. The topological polar surface area (TPSA) is 77.0 Å². The lowest BCUT2D eigenvalue weighted by Crippen LogP contribution is -2.03. The van der Waals surface area contributed by atoms with Crippen LogP contribution in [0.25, 0.3) is 6.08 Å². The standard InChI is InChI=1S/C28H38N4O/c1-3-5-6-7-8-9-10-11-12-14-22-16-17-23(31-22)20-26-28(33-19-4-2)24(21-29)27(32-26)25-15-13-18-30-25/h13,15-18,20,30-31H,3-12,14,19H2,1-2H3/b26-20-. The van der Waals surface area contributed by atoms with Crippen LogP contribution in [0.4, 0.5) is 0 Å². The van der Waals surface area contributed by atoms with Crippen LogP contribution in [0.3, 0.4) is 0 Å². The quantitative estimate of drug-likeness (QED) is 0.278. The summed E-state index contributed by atoms with van der Waals surface area (Å²) in [6, 6.07) is 10.4. The maximum Gasteiger partial charge on any atom is 0.165 e. The summed E-state index contributed by atoms with van der Waals surface area (Å²) in [4.78, 5) is 11.4. The minimum absolute atomic E-state index is 0.485. The first-order valence-corrected chi connectivity index (χ1v) is 12.7. The molecule has 2 N–H and O–H groups in total. The summed E-state index contributed by atoms with van der Waals surface area (Å²) >= 11 is 0. The second-order valence-electron chi connectivity index (χ2n) is 8.76. The number of nitrogens with zero attached hydrogens (tertiary/aromatic N) is 2. The van der Waals surface area contributed by atoms with Crippen LogP contribution < -0.4 is 0 Å². The van der Waals surface area contributed by atoms with E-state index >= 15 is 0 Å². The molecule has 3 rings (SSSR count). The largest absolute Gasteiger partial charge is 0.490 e. The van der Waals surface area contributed by atoms with Crippen molar-refractivity contribution in [2.45, 2.75) is 84.5 Å². The lowest BCUT2D eigenvalue weighted by atomic mass is 10.1. The van der Waals surface area contributed by atoms with E-state index in [2.05, 4.69) is 42.0 Å². The van der Waals surface area contributed by atoms with Crippen LogP contribution in [0.1, 0.15) is 95.1 Å². The molecule has 5 heteroatoms. The Labute approximate surface area is 198 Å². The van der Waals surface area contributed by atoms with Gasteiger partial charge in [-0.15, -0.1) is 0 Å². The van der Waals surface area contributed by atoms with Crippen molar-refractivity contribution >= 4 is 11.8 Å². The molecule has 0 aliphatic carbocycles. The molecule has 0 saturated carbocycles. The van der Waals surface area contributed by atoms with Gasteiger partial charge in [0.1, 0.15) is 23.1 Å². The molecule has 0 aromatic carbocycles. The van der Waals surface area contributed by atoms with Gasteiger partial charge >= 0.3 is 0 Å². The minimum Gasteiger partial charge on any atom is -0.490 e. The Morgan fingerprint density at radius 1 is 0.970 bits per heavy atom. The predicted octanol–water partition coefficient (Wildman–Crippen LogP) is 7.46. The second-order valence-corrected chi connectivity index (χ2v) is 8.76. The molecule has 1 aliphatic rings. The molecule has 0 saturated heterocycles. The molecule has 176 valence electrons. The van der Waals surface area contributed by atoms with Gasteiger partial charge < -0.3 is 14.7 Å². The molecule has 0 fully saturated rings. The second kappa shape index (κ2) is 13.5. The molecule has 0 spiro atoms. The zero-order chi connectivity index (χ0) is 23.3. The SMILES string of the molecule is CCCCCCCCCCCc1ccc(/C=C2\N=C(c3ccc[nH]3)C(C#N)=C2OCCC)[nH]1. The van der Waals surface area contributed by atoms with E-state index in [0.717, 1.165) is 24.2 Å². The number of hydrogen-bond acceptors (Lipinski definition) is 3. The molecule has 0 bridgehead atoms. The maximum absolute atomic E-state index is 9.79. The first kappa shape index (κ1) is 24.6. The van der Waals surface area contributed by atoms with Crippen LogP contribution in [-0.4, -0.2) is 22.3 Å². The number of ether oxygens (including phenoxy) is 1. The number of aryl methyl sites for hydroxylation is 1. The lowest BCUT2D eigenvalue weighted by Gasteiger charge is -2.07. The van der Waals surface area contributed by atoms with Crippen LogP contribution >= 0.6 is 0 Å². The van der Waals surface area contributed by atoms with Crippen LogP contribution in [0.5, 0.6) is 0 Å². The van der Waals surface area contributed by atoms with Crippen molar-refractivity contribution in [1.82, 2.24) is 9.97 Å². The normalized spacial score (nSPS) is 14.7. The Balaban J connectivity index is 1.58. The molecule has 0 amide bonds.